The van der Waals surface area contributed by atoms with Gasteiger partial charge in [-0.05, 0) is 37.8 Å². The Morgan fingerprint density at radius 1 is 0.266 bits per heavy atom. The first-order chi connectivity index (χ1) is 38.9. The molecule has 0 saturated carbocycles. The molecule has 0 amide bonds. The molecule has 0 heterocycles. The number of esters is 4. The minimum Gasteiger partial charge on any atom is -0.462 e. The van der Waals surface area contributed by atoms with Gasteiger partial charge in [0.25, 0.3) is 0 Å². The first kappa shape index (κ1) is 74.1. The maximum absolute atomic E-state index is 13.7. The molecule has 8 heteroatoms. The molecule has 0 atom stereocenters. The Bertz CT molecular complexity index is 1470. The van der Waals surface area contributed by atoms with Crippen LogP contribution in [-0.2, 0) is 19.1 Å². The number of hydrogen-bond donors (Lipinski definition) is 0. The minimum absolute atomic E-state index is 0.0897. The second kappa shape index (κ2) is 58.3. The Hall–Kier alpha value is -2.90. The fourth-order valence-electron chi connectivity index (χ4n) is 10.9. The molecule has 460 valence electrons. The zero-order valence-corrected chi connectivity index (χ0v) is 52.7. The molecule has 0 radical (unpaired) electrons. The van der Waals surface area contributed by atoms with Gasteiger partial charge in [-0.15, -0.1) is 0 Å². The van der Waals surface area contributed by atoms with Crippen molar-refractivity contribution in [1.29, 1.82) is 0 Å². The molecule has 1 aromatic carbocycles. The van der Waals surface area contributed by atoms with Gasteiger partial charge in [0.1, 0.15) is 0 Å². The lowest BCUT2D eigenvalue weighted by Gasteiger charge is -2.17. The number of unbranched alkanes of at least 4 members (excludes halogenated alkanes) is 49. The van der Waals surface area contributed by atoms with Crippen molar-refractivity contribution in [3.05, 3.63) is 17.7 Å². The molecule has 0 aliphatic rings. The maximum Gasteiger partial charge on any atom is 0.338 e. The molecule has 0 N–H and O–H groups in total. The van der Waals surface area contributed by atoms with E-state index in [-0.39, 0.29) is 48.7 Å². The van der Waals surface area contributed by atoms with Crippen LogP contribution in [0.5, 0.6) is 17.2 Å². The average Bonchev–Trinajstić information content (AvgIpc) is 3.45. The highest BCUT2D eigenvalue weighted by Gasteiger charge is 2.25. The molecule has 0 fully saturated rings. The van der Waals surface area contributed by atoms with Crippen LogP contribution in [0.25, 0.3) is 0 Å². The van der Waals surface area contributed by atoms with E-state index in [1.165, 1.54) is 256 Å². The summed E-state index contributed by atoms with van der Waals surface area (Å²) >= 11 is 0. The van der Waals surface area contributed by atoms with E-state index in [9.17, 15) is 19.2 Å². The van der Waals surface area contributed by atoms with Crippen molar-refractivity contribution in [2.24, 2.45) is 0 Å². The normalized spacial score (nSPS) is 11.3. The van der Waals surface area contributed by atoms with Crippen molar-refractivity contribution in [2.45, 2.75) is 387 Å². The minimum atomic E-state index is -0.595. The average molecular weight is 1110 g/mol. The zero-order valence-electron chi connectivity index (χ0n) is 52.7. The first-order valence-electron chi connectivity index (χ1n) is 34.8. The lowest BCUT2D eigenvalue weighted by atomic mass is 10.0. The van der Waals surface area contributed by atoms with Crippen molar-refractivity contribution < 1.29 is 38.1 Å². The Labute approximate surface area is 488 Å². The number of carbonyl (C=O) groups is 4. The third-order valence-electron chi connectivity index (χ3n) is 16.1. The van der Waals surface area contributed by atoms with Crippen molar-refractivity contribution in [3.63, 3.8) is 0 Å². The van der Waals surface area contributed by atoms with Crippen molar-refractivity contribution >= 4 is 23.9 Å². The van der Waals surface area contributed by atoms with E-state index in [0.717, 1.165) is 77.0 Å². The number of ether oxygens (including phenoxy) is 4. The van der Waals surface area contributed by atoms with E-state index in [4.69, 9.17) is 18.9 Å². The van der Waals surface area contributed by atoms with E-state index < -0.39 is 23.9 Å². The molecule has 1 rings (SSSR count). The third-order valence-corrected chi connectivity index (χ3v) is 16.1. The SMILES string of the molecule is CCCCCCCCCCCCCCCCOC(=O)c1cc(OC(=O)CCCCCCCCCCCCCCC)c(OC(=O)CCCCCCCCCCCCCCC)c(OC(=O)CCCCCCCCCCCCCCC)c1. The maximum atomic E-state index is 13.7. The van der Waals surface area contributed by atoms with Crippen LogP contribution in [0.1, 0.15) is 398 Å². The van der Waals surface area contributed by atoms with Gasteiger partial charge in [-0.2, -0.15) is 0 Å². The van der Waals surface area contributed by atoms with E-state index >= 15 is 0 Å². The monoisotopic (exact) mass is 1110 g/mol. The summed E-state index contributed by atoms with van der Waals surface area (Å²) in [5.41, 5.74) is 0.0918. The summed E-state index contributed by atoms with van der Waals surface area (Å²) in [4.78, 5) is 54.5. The fourth-order valence-corrected chi connectivity index (χ4v) is 10.9. The predicted molar refractivity (Wildman–Crippen MR) is 335 cm³/mol. The lowest BCUT2D eigenvalue weighted by Crippen LogP contribution is -2.16. The molecule has 1 aromatic rings. The van der Waals surface area contributed by atoms with Crippen LogP contribution in [0.2, 0.25) is 0 Å². The number of benzene rings is 1. The van der Waals surface area contributed by atoms with Gasteiger partial charge in [0.05, 0.1) is 12.2 Å². The smallest absolute Gasteiger partial charge is 0.338 e. The Balaban J connectivity index is 2.99. The van der Waals surface area contributed by atoms with E-state index in [2.05, 4.69) is 27.7 Å². The Morgan fingerprint density at radius 2 is 0.468 bits per heavy atom. The predicted octanol–water partition coefficient (Wildman–Crippen LogP) is 23.5. The molecule has 0 aliphatic heterocycles. The quantitative estimate of drug-likeness (QED) is 0.0361. The van der Waals surface area contributed by atoms with E-state index in [1.54, 1.807) is 0 Å². The molecule has 0 bridgehead atoms. The van der Waals surface area contributed by atoms with Crippen molar-refractivity contribution in [3.8, 4) is 17.2 Å². The molecule has 8 nitrogen and oxygen atoms in total. The third kappa shape index (κ3) is 48.4. The molecule has 0 saturated heterocycles. The van der Waals surface area contributed by atoms with Crippen LogP contribution in [0, 0.1) is 0 Å². The summed E-state index contributed by atoms with van der Waals surface area (Å²) in [6.07, 6.45) is 64.7. The standard InChI is InChI=1S/C71H128O8/c1-5-9-13-17-21-25-29-33-37-41-45-49-53-57-61-76-71(75)64-62-65(77-67(72)58-54-50-46-42-38-34-30-26-22-18-14-10-6-2)70(79-69(74)60-56-52-48-44-40-36-32-28-24-20-16-12-8-4)66(63-64)78-68(73)59-55-51-47-43-39-35-31-27-23-19-15-11-7-3/h62-63H,5-61H2,1-4H3. The summed E-state index contributed by atoms with van der Waals surface area (Å²) in [7, 11) is 0. The van der Waals surface area contributed by atoms with Gasteiger partial charge in [-0.25, -0.2) is 4.79 Å². The summed E-state index contributed by atoms with van der Waals surface area (Å²) in [5, 5.41) is 0. The molecule has 0 aromatic heterocycles. The van der Waals surface area contributed by atoms with Crippen LogP contribution in [0.15, 0.2) is 12.1 Å². The second-order valence-electron chi connectivity index (χ2n) is 23.9. The molecular formula is C71H128O8. The summed E-state index contributed by atoms with van der Waals surface area (Å²) in [5.74, 6) is -2.34. The molecule has 0 aliphatic carbocycles. The van der Waals surface area contributed by atoms with Gasteiger partial charge in [-0.3, -0.25) is 14.4 Å². The highest BCUT2D eigenvalue weighted by atomic mass is 16.6. The largest absolute Gasteiger partial charge is 0.462 e. The summed E-state index contributed by atoms with van der Waals surface area (Å²) in [6.45, 7) is 9.31. The fraction of sp³-hybridized carbons (Fsp3) is 0.859. The Morgan fingerprint density at radius 3 is 0.709 bits per heavy atom. The Kier molecular flexibility index (Phi) is 54.7. The van der Waals surface area contributed by atoms with E-state index in [0.29, 0.717) is 19.3 Å². The van der Waals surface area contributed by atoms with Crippen molar-refractivity contribution in [2.75, 3.05) is 6.61 Å². The van der Waals surface area contributed by atoms with Crippen LogP contribution in [-0.4, -0.2) is 30.5 Å². The van der Waals surface area contributed by atoms with Gasteiger partial charge in [0, 0.05) is 19.3 Å². The first-order valence-corrected chi connectivity index (χ1v) is 34.8. The van der Waals surface area contributed by atoms with Gasteiger partial charge in [0.15, 0.2) is 11.5 Å². The highest BCUT2D eigenvalue weighted by molar-refractivity contribution is 5.92. The highest BCUT2D eigenvalue weighted by Crippen LogP contribution is 2.40. The summed E-state index contributed by atoms with van der Waals surface area (Å²) in [6, 6.07) is 2.85. The van der Waals surface area contributed by atoms with Crippen LogP contribution in [0.3, 0.4) is 0 Å². The van der Waals surface area contributed by atoms with E-state index in [1.807, 2.05) is 0 Å². The number of hydrogen-bond acceptors (Lipinski definition) is 8. The van der Waals surface area contributed by atoms with Crippen LogP contribution >= 0.6 is 0 Å². The van der Waals surface area contributed by atoms with Gasteiger partial charge < -0.3 is 18.9 Å². The molecule has 79 heavy (non-hydrogen) atoms. The van der Waals surface area contributed by atoms with Gasteiger partial charge in [0.2, 0.25) is 5.75 Å². The molecular weight excluding hydrogens is 981 g/mol. The number of rotatable bonds is 61. The van der Waals surface area contributed by atoms with Crippen molar-refractivity contribution in [1.82, 2.24) is 0 Å². The molecule has 0 unspecified atom stereocenters. The topological polar surface area (TPSA) is 105 Å². The van der Waals surface area contributed by atoms with Crippen LogP contribution in [0.4, 0.5) is 0 Å². The molecule has 0 spiro atoms. The summed E-state index contributed by atoms with van der Waals surface area (Å²) < 4.78 is 23.8. The second-order valence-corrected chi connectivity index (χ2v) is 23.9. The van der Waals surface area contributed by atoms with Gasteiger partial charge in [-0.1, -0.05) is 342 Å². The lowest BCUT2D eigenvalue weighted by molar-refractivity contribution is -0.138. The van der Waals surface area contributed by atoms with Gasteiger partial charge >= 0.3 is 23.9 Å². The van der Waals surface area contributed by atoms with Crippen LogP contribution < -0.4 is 14.2 Å². The zero-order chi connectivity index (χ0) is 57.2. The number of carbonyl (C=O) groups excluding carboxylic acids is 4.